The lowest BCUT2D eigenvalue weighted by Crippen LogP contribution is -2.60. The fraction of sp³-hybridized carbons (Fsp3) is 0.409. The minimum Gasteiger partial charge on any atom is -0.353 e. The van der Waals surface area contributed by atoms with Gasteiger partial charge < -0.3 is 20.4 Å². The summed E-state index contributed by atoms with van der Waals surface area (Å²) < 4.78 is 0. The summed E-state index contributed by atoms with van der Waals surface area (Å²) in [4.78, 5) is 52.3. The average molecular weight is 472 g/mol. The van der Waals surface area contributed by atoms with Crippen LogP contribution in [0.3, 0.4) is 0 Å². The van der Waals surface area contributed by atoms with Gasteiger partial charge in [-0.15, -0.1) is 0 Å². The third-order valence-corrected chi connectivity index (χ3v) is 5.98. The first kappa shape index (κ1) is 22.9. The highest BCUT2D eigenvalue weighted by Gasteiger charge is 2.35. The maximum absolute atomic E-state index is 13.1. The molecule has 2 N–H and O–H groups in total. The third kappa shape index (κ3) is 5.96. The quantitative estimate of drug-likeness (QED) is 0.635. The van der Waals surface area contributed by atoms with Crippen molar-refractivity contribution in [3.63, 3.8) is 0 Å². The van der Waals surface area contributed by atoms with Gasteiger partial charge in [-0.05, 0) is 30.3 Å². The zero-order valence-electron chi connectivity index (χ0n) is 18.1. The Hall–Kier alpha value is -3.24. The van der Waals surface area contributed by atoms with Crippen LogP contribution in [-0.4, -0.2) is 89.3 Å². The van der Waals surface area contributed by atoms with E-state index in [0.29, 0.717) is 55.9 Å². The Balaban J connectivity index is 1.32. The lowest BCUT2D eigenvalue weighted by atomic mass is 10.1. The van der Waals surface area contributed by atoms with Gasteiger partial charge >= 0.3 is 0 Å². The summed E-state index contributed by atoms with van der Waals surface area (Å²) in [6.07, 6.45) is 3.31. The highest BCUT2D eigenvalue weighted by molar-refractivity contribution is 6.30. The third-order valence-electron chi connectivity index (χ3n) is 5.72. The number of anilines is 2. The van der Waals surface area contributed by atoms with E-state index in [-0.39, 0.29) is 30.7 Å². The molecule has 0 spiro atoms. The van der Waals surface area contributed by atoms with E-state index in [4.69, 9.17) is 11.6 Å². The fourth-order valence-corrected chi connectivity index (χ4v) is 4.11. The predicted molar refractivity (Wildman–Crippen MR) is 124 cm³/mol. The van der Waals surface area contributed by atoms with Crippen molar-refractivity contribution in [1.82, 2.24) is 25.1 Å². The average Bonchev–Trinajstić information content (AvgIpc) is 2.83. The Labute approximate surface area is 196 Å². The molecular weight excluding hydrogens is 446 g/mol. The van der Waals surface area contributed by atoms with Gasteiger partial charge in [-0.25, -0.2) is 9.97 Å². The molecule has 2 fully saturated rings. The first-order valence-electron chi connectivity index (χ1n) is 10.9. The number of nitrogens with zero attached hydrogens (tertiary/aromatic N) is 5. The van der Waals surface area contributed by atoms with E-state index in [1.54, 1.807) is 42.7 Å². The summed E-state index contributed by atoms with van der Waals surface area (Å²) in [7, 11) is 0. The smallest absolute Gasteiger partial charge is 0.243 e. The van der Waals surface area contributed by atoms with Crippen LogP contribution in [0.1, 0.15) is 6.42 Å². The first-order valence-corrected chi connectivity index (χ1v) is 11.2. The maximum Gasteiger partial charge on any atom is 0.243 e. The van der Waals surface area contributed by atoms with Crippen molar-refractivity contribution < 1.29 is 14.4 Å². The molecule has 0 aliphatic carbocycles. The second-order valence-corrected chi connectivity index (χ2v) is 8.40. The van der Waals surface area contributed by atoms with E-state index in [0.717, 1.165) is 0 Å². The number of piperazine rings is 2. The highest BCUT2D eigenvalue weighted by Crippen LogP contribution is 2.16. The maximum atomic E-state index is 13.1. The topological polar surface area (TPSA) is 111 Å². The Bertz CT molecular complexity index is 981. The van der Waals surface area contributed by atoms with Crippen LogP contribution in [0.2, 0.25) is 5.02 Å². The molecule has 2 aliphatic rings. The van der Waals surface area contributed by atoms with Crippen LogP contribution in [0.4, 0.5) is 11.6 Å². The van der Waals surface area contributed by atoms with Gasteiger partial charge in [0.2, 0.25) is 23.7 Å². The van der Waals surface area contributed by atoms with Crippen molar-refractivity contribution in [2.75, 3.05) is 56.0 Å². The summed E-state index contributed by atoms with van der Waals surface area (Å²) in [6.45, 7) is 3.75. The molecule has 2 aliphatic heterocycles. The number of carbonyl (C=O) groups excluding carboxylic acids is 3. The SMILES string of the molecule is O=C(C[C@H]1C(=O)NCCN1C(=O)CN1CCN(c2ncccn2)CC1)Nc1ccc(Cl)cc1. The molecular formula is C22H26ClN7O3. The number of hydrogen-bond donors (Lipinski definition) is 2. The molecule has 0 unspecified atom stereocenters. The Kier molecular flexibility index (Phi) is 7.36. The number of rotatable bonds is 6. The van der Waals surface area contributed by atoms with Gasteiger partial charge in [-0.1, -0.05) is 11.6 Å². The van der Waals surface area contributed by atoms with E-state index in [2.05, 4.69) is 30.4 Å². The summed E-state index contributed by atoms with van der Waals surface area (Å²) >= 11 is 5.87. The van der Waals surface area contributed by atoms with E-state index in [9.17, 15) is 14.4 Å². The van der Waals surface area contributed by atoms with Gasteiger partial charge in [0, 0.05) is 62.4 Å². The van der Waals surface area contributed by atoms with Crippen molar-refractivity contribution in [1.29, 1.82) is 0 Å². The molecule has 10 nitrogen and oxygen atoms in total. The number of carbonyl (C=O) groups is 3. The molecule has 0 saturated carbocycles. The number of benzene rings is 1. The lowest BCUT2D eigenvalue weighted by Gasteiger charge is -2.38. The number of nitrogens with one attached hydrogen (secondary N) is 2. The molecule has 3 heterocycles. The van der Waals surface area contributed by atoms with Gasteiger partial charge in [-0.3, -0.25) is 19.3 Å². The summed E-state index contributed by atoms with van der Waals surface area (Å²) in [5.74, 6) is -0.123. The molecule has 3 amide bonds. The van der Waals surface area contributed by atoms with Crippen LogP contribution < -0.4 is 15.5 Å². The normalized spacial score (nSPS) is 19.2. The minimum absolute atomic E-state index is 0.112. The zero-order chi connectivity index (χ0) is 23.2. The van der Waals surface area contributed by atoms with Crippen LogP contribution in [0.15, 0.2) is 42.7 Å². The van der Waals surface area contributed by atoms with Crippen LogP contribution in [0.5, 0.6) is 0 Å². The van der Waals surface area contributed by atoms with Crippen LogP contribution in [-0.2, 0) is 14.4 Å². The number of halogens is 1. The summed E-state index contributed by atoms with van der Waals surface area (Å²) in [6, 6.07) is 7.65. The molecule has 174 valence electrons. The number of hydrogen-bond acceptors (Lipinski definition) is 7. The molecule has 33 heavy (non-hydrogen) atoms. The van der Waals surface area contributed by atoms with Crippen molar-refractivity contribution >= 4 is 41.0 Å². The molecule has 0 radical (unpaired) electrons. The molecule has 1 aromatic carbocycles. The van der Waals surface area contributed by atoms with Crippen molar-refractivity contribution in [3.05, 3.63) is 47.7 Å². The molecule has 0 bridgehead atoms. The van der Waals surface area contributed by atoms with E-state index >= 15 is 0 Å². The lowest BCUT2D eigenvalue weighted by molar-refractivity contribution is -0.145. The summed E-state index contributed by atoms with van der Waals surface area (Å²) in [5.41, 5.74) is 0.582. The highest BCUT2D eigenvalue weighted by atomic mass is 35.5. The fourth-order valence-electron chi connectivity index (χ4n) is 3.98. The second-order valence-electron chi connectivity index (χ2n) is 7.97. The van der Waals surface area contributed by atoms with E-state index in [1.165, 1.54) is 4.90 Å². The van der Waals surface area contributed by atoms with Gasteiger partial charge in [0.15, 0.2) is 0 Å². The molecule has 4 rings (SSSR count). The molecule has 11 heteroatoms. The van der Waals surface area contributed by atoms with Crippen molar-refractivity contribution in [2.24, 2.45) is 0 Å². The van der Waals surface area contributed by atoms with Gasteiger partial charge in [0.25, 0.3) is 0 Å². The minimum atomic E-state index is -0.836. The standard InChI is InChI=1S/C22H26ClN7O3/c23-16-2-4-17(5-3-16)27-19(31)14-18-21(33)24-8-9-30(18)20(32)15-28-10-12-29(13-11-28)22-25-6-1-7-26-22/h1-7,18H,8-15H2,(H,24,33)(H,27,31)/t18-/m0/s1. The molecule has 2 saturated heterocycles. The van der Waals surface area contributed by atoms with Crippen molar-refractivity contribution in [3.8, 4) is 0 Å². The Morgan fingerprint density at radius 2 is 1.76 bits per heavy atom. The van der Waals surface area contributed by atoms with Gasteiger partial charge in [0.1, 0.15) is 6.04 Å². The number of amides is 3. The van der Waals surface area contributed by atoms with Crippen LogP contribution in [0, 0.1) is 0 Å². The Morgan fingerprint density at radius 3 is 2.45 bits per heavy atom. The van der Waals surface area contributed by atoms with Gasteiger partial charge in [0.05, 0.1) is 13.0 Å². The van der Waals surface area contributed by atoms with E-state index in [1.807, 2.05) is 0 Å². The van der Waals surface area contributed by atoms with Crippen molar-refractivity contribution in [2.45, 2.75) is 12.5 Å². The zero-order valence-corrected chi connectivity index (χ0v) is 18.9. The van der Waals surface area contributed by atoms with Crippen LogP contribution >= 0.6 is 11.6 Å². The second kappa shape index (κ2) is 10.6. The van der Waals surface area contributed by atoms with Gasteiger partial charge in [-0.2, -0.15) is 0 Å². The largest absolute Gasteiger partial charge is 0.353 e. The number of aromatic nitrogens is 2. The predicted octanol–water partition coefficient (Wildman–Crippen LogP) is 0.608. The van der Waals surface area contributed by atoms with Crippen LogP contribution in [0.25, 0.3) is 0 Å². The first-order chi connectivity index (χ1) is 16.0. The summed E-state index contributed by atoms with van der Waals surface area (Å²) in [5, 5.41) is 6.08. The molecule has 1 atom stereocenters. The van der Waals surface area contributed by atoms with E-state index < -0.39 is 6.04 Å². The molecule has 2 aromatic rings. The Morgan fingerprint density at radius 1 is 1.06 bits per heavy atom. The monoisotopic (exact) mass is 471 g/mol. The molecule has 1 aromatic heterocycles.